The first-order valence-corrected chi connectivity index (χ1v) is 6.24. The zero-order valence-corrected chi connectivity index (χ0v) is 10.6. The van der Waals surface area contributed by atoms with Crippen LogP contribution in [0.5, 0.6) is 0 Å². The van der Waals surface area contributed by atoms with E-state index in [0.29, 0.717) is 13.0 Å². The number of carbonyl (C=O) groups excluding carboxylic acids is 1. The molecule has 5 nitrogen and oxygen atoms in total. The fraction of sp³-hybridized carbons (Fsp3) is 0.833. The van der Waals surface area contributed by atoms with Gasteiger partial charge in [0, 0.05) is 6.54 Å². The molecule has 0 spiro atoms. The first-order valence-electron chi connectivity index (χ1n) is 6.24. The highest BCUT2D eigenvalue weighted by atomic mass is 16.4. The van der Waals surface area contributed by atoms with E-state index in [1.54, 1.807) is 0 Å². The summed E-state index contributed by atoms with van der Waals surface area (Å²) in [5.41, 5.74) is 0.209. The third kappa shape index (κ3) is 4.24. The van der Waals surface area contributed by atoms with Crippen molar-refractivity contribution in [3.05, 3.63) is 0 Å². The molecule has 1 rings (SSSR count). The van der Waals surface area contributed by atoms with Crippen LogP contribution in [0.4, 0.5) is 4.79 Å². The van der Waals surface area contributed by atoms with Gasteiger partial charge in [-0.1, -0.05) is 26.7 Å². The van der Waals surface area contributed by atoms with Gasteiger partial charge in [-0.3, -0.25) is 0 Å². The Balaban J connectivity index is 2.29. The van der Waals surface area contributed by atoms with Crippen molar-refractivity contribution in [2.45, 2.75) is 52.0 Å². The van der Waals surface area contributed by atoms with Crippen molar-refractivity contribution in [2.75, 3.05) is 6.54 Å². The lowest BCUT2D eigenvalue weighted by atomic mass is 9.70. The van der Waals surface area contributed by atoms with E-state index < -0.39 is 12.0 Å². The number of aliphatic carboxylic acids is 1. The maximum Gasteiger partial charge on any atom is 0.326 e. The van der Waals surface area contributed by atoms with E-state index in [4.69, 9.17) is 5.11 Å². The van der Waals surface area contributed by atoms with Crippen molar-refractivity contribution in [1.82, 2.24) is 10.6 Å². The molecule has 1 aliphatic rings. The van der Waals surface area contributed by atoms with Gasteiger partial charge in [-0.2, -0.15) is 0 Å². The topological polar surface area (TPSA) is 78.4 Å². The third-order valence-corrected chi connectivity index (χ3v) is 3.42. The van der Waals surface area contributed by atoms with Gasteiger partial charge in [-0.25, -0.2) is 9.59 Å². The minimum Gasteiger partial charge on any atom is -0.480 e. The van der Waals surface area contributed by atoms with Gasteiger partial charge in [-0.05, 0) is 24.7 Å². The van der Waals surface area contributed by atoms with Crippen molar-refractivity contribution in [3.63, 3.8) is 0 Å². The largest absolute Gasteiger partial charge is 0.480 e. The molecule has 1 unspecified atom stereocenters. The smallest absolute Gasteiger partial charge is 0.326 e. The summed E-state index contributed by atoms with van der Waals surface area (Å²) in [6.07, 6.45) is 4.66. The van der Waals surface area contributed by atoms with Crippen LogP contribution in [-0.4, -0.2) is 29.7 Å². The molecule has 0 bridgehead atoms. The van der Waals surface area contributed by atoms with Gasteiger partial charge >= 0.3 is 12.0 Å². The first kappa shape index (κ1) is 13.8. The molecule has 17 heavy (non-hydrogen) atoms. The van der Waals surface area contributed by atoms with Gasteiger partial charge in [0.2, 0.25) is 0 Å². The Hall–Kier alpha value is -1.26. The monoisotopic (exact) mass is 242 g/mol. The summed E-state index contributed by atoms with van der Waals surface area (Å²) < 4.78 is 0. The molecule has 0 aliphatic heterocycles. The highest BCUT2D eigenvalue weighted by molar-refractivity contribution is 5.82. The fourth-order valence-corrected chi connectivity index (χ4v) is 2.01. The summed E-state index contributed by atoms with van der Waals surface area (Å²) >= 11 is 0. The van der Waals surface area contributed by atoms with E-state index in [-0.39, 0.29) is 11.4 Å². The molecule has 3 N–H and O–H groups in total. The van der Waals surface area contributed by atoms with E-state index in [1.165, 1.54) is 6.42 Å². The average Bonchev–Trinajstić information content (AvgIpc) is 2.23. The van der Waals surface area contributed by atoms with Gasteiger partial charge in [-0.15, -0.1) is 0 Å². The summed E-state index contributed by atoms with van der Waals surface area (Å²) in [7, 11) is 0. The number of hydrogen-bond donors (Lipinski definition) is 3. The van der Waals surface area contributed by atoms with E-state index >= 15 is 0 Å². The highest BCUT2D eigenvalue weighted by Gasteiger charge is 2.32. The second-order valence-corrected chi connectivity index (χ2v) is 5.17. The SMILES string of the molecule is CCCC(NC(=O)NCC1(C)CCC1)C(=O)O. The first-order chi connectivity index (χ1) is 7.97. The molecule has 5 heteroatoms. The number of carboxylic acid groups (broad SMARTS) is 1. The Labute approximate surface area is 102 Å². The van der Waals surface area contributed by atoms with Crippen LogP contribution >= 0.6 is 0 Å². The zero-order chi connectivity index (χ0) is 12.9. The Bertz CT molecular complexity index is 287. The summed E-state index contributed by atoms with van der Waals surface area (Å²) in [6.45, 7) is 4.65. The van der Waals surface area contributed by atoms with Crippen molar-refractivity contribution in [3.8, 4) is 0 Å². The summed E-state index contributed by atoms with van der Waals surface area (Å²) in [4.78, 5) is 22.4. The Kier molecular flexibility index (Phi) is 4.78. The van der Waals surface area contributed by atoms with Gasteiger partial charge in [0.1, 0.15) is 6.04 Å². The molecule has 0 saturated heterocycles. The van der Waals surface area contributed by atoms with E-state index in [1.807, 2.05) is 6.92 Å². The standard InChI is InChI=1S/C12H22N2O3/c1-3-5-9(10(15)16)14-11(17)13-8-12(2)6-4-7-12/h9H,3-8H2,1-2H3,(H,15,16)(H2,13,14,17). The van der Waals surface area contributed by atoms with Gasteiger partial charge in [0.15, 0.2) is 0 Å². The normalized spacial score (nSPS) is 18.9. The molecule has 0 aromatic carbocycles. The Morgan fingerprint density at radius 1 is 1.41 bits per heavy atom. The second kappa shape index (κ2) is 5.89. The molecule has 98 valence electrons. The van der Waals surface area contributed by atoms with Crippen LogP contribution in [-0.2, 0) is 4.79 Å². The highest BCUT2D eigenvalue weighted by Crippen LogP contribution is 2.39. The fourth-order valence-electron chi connectivity index (χ4n) is 2.01. The van der Waals surface area contributed by atoms with Crippen LogP contribution in [0.15, 0.2) is 0 Å². The van der Waals surface area contributed by atoms with Crippen molar-refractivity contribution in [2.24, 2.45) is 5.41 Å². The molecule has 1 aliphatic carbocycles. The van der Waals surface area contributed by atoms with Gasteiger partial charge in [0.25, 0.3) is 0 Å². The molecule has 0 heterocycles. The van der Waals surface area contributed by atoms with Crippen LogP contribution < -0.4 is 10.6 Å². The maximum absolute atomic E-state index is 11.5. The molecule has 2 amide bonds. The number of rotatable bonds is 6. The molecular weight excluding hydrogens is 220 g/mol. The second-order valence-electron chi connectivity index (χ2n) is 5.17. The number of nitrogens with one attached hydrogen (secondary N) is 2. The molecule has 0 radical (unpaired) electrons. The average molecular weight is 242 g/mol. The molecule has 1 atom stereocenters. The predicted molar refractivity (Wildman–Crippen MR) is 64.8 cm³/mol. The van der Waals surface area contributed by atoms with Crippen LogP contribution in [0.2, 0.25) is 0 Å². The summed E-state index contributed by atoms with van der Waals surface area (Å²) in [5, 5.41) is 14.1. The number of hydrogen-bond acceptors (Lipinski definition) is 2. The lowest BCUT2D eigenvalue weighted by Crippen LogP contribution is -2.49. The van der Waals surface area contributed by atoms with Crippen molar-refractivity contribution < 1.29 is 14.7 Å². The quantitative estimate of drug-likeness (QED) is 0.663. The minimum absolute atomic E-state index is 0.209. The molecular formula is C12H22N2O3. The number of amides is 2. The zero-order valence-electron chi connectivity index (χ0n) is 10.6. The van der Waals surface area contributed by atoms with E-state index in [9.17, 15) is 9.59 Å². The lowest BCUT2D eigenvalue weighted by Gasteiger charge is -2.38. The van der Waals surface area contributed by atoms with Crippen LogP contribution in [0.25, 0.3) is 0 Å². The molecule has 0 aromatic rings. The third-order valence-electron chi connectivity index (χ3n) is 3.42. The number of urea groups is 1. The van der Waals surface area contributed by atoms with E-state index in [2.05, 4.69) is 17.6 Å². The van der Waals surface area contributed by atoms with Gasteiger partial charge in [0.05, 0.1) is 0 Å². The van der Waals surface area contributed by atoms with E-state index in [0.717, 1.165) is 19.3 Å². The maximum atomic E-state index is 11.5. The summed E-state index contributed by atoms with van der Waals surface area (Å²) in [5.74, 6) is -0.975. The minimum atomic E-state index is -0.975. The molecule has 1 saturated carbocycles. The number of carbonyl (C=O) groups is 2. The van der Waals surface area contributed by atoms with Crippen LogP contribution in [0.1, 0.15) is 46.0 Å². The van der Waals surface area contributed by atoms with Crippen LogP contribution in [0, 0.1) is 5.41 Å². The Morgan fingerprint density at radius 2 is 2.06 bits per heavy atom. The predicted octanol–water partition coefficient (Wildman–Crippen LogP) is 1.73. The molecule has 0 aromatic heterocycles. The Morgan fingerprint density at radius 3 is 2.47 bits per heavy atom. The number of carboxylic acids is 1. The summed E-state index contributed by atoms with van der Waals surface area (Å²) in [6, 6.07) is -1.16. The van der Waals surface area contributed by atoms with Crippen molar-refractivity contribution in [1.29, 1.82) is 0 Å². The lowest BCUT2D eigenvalue weighted by molar-refractivity contribution is -0.139. The van der Waals surface area contributed by atoms with Crippen molar-refractivity contribution >= 4 is 12.0 Å². The van der Waals surface area contributed by atoms with Crippen LogP contribution in [0.3, 0.4) is 0 Å². The van der Waals surface area contributed by atoms with Gasteiger partial charge < -0.3 is 15.7 Å². The molecule has 1 fully saturated rings.